The zero-order valence-electron chi connectivity index (χ0n) is 7.50. The molecule has 70 valence electrons. The molecule has 0 nitrogen and oxygen atoms in total. The van der Waals surface area contributed by atoms with Gasteiger partial charge in [0.1, 0.15) is 6.17 Å². The van der Waals surface area contributed by atoms with Gasteiger partial charge in [-0.2, -0.15) is 0 Å². The van der Waals surface area contributed by atoms with Crippen molar-refractivity contribution in [2.45, 2.75) is 30.8 Å². The Morgan fingerprint density at radius 1 is 1.38 bits per heavy atom. The van der Waals surface area contributed by atoms with Crippen LogP contribution in [0.1, 0.15) is 35.8 Å². The summed E-state index contributed by atoms with van der Waals surface area (Å²) >= 11 is 5.91. The third-order valence-electron chi connectivity index (χ3n) is 2.54. The molecule has 1 fully saturated rings. The van der Waals surface area contributed by atoms with Gasteiger partial charge in [-0.05, 0) is 24.5 Å². The minimum Gasteiger partial charge on any atom is -0.247 e. The summed E-state index contributed by atoms with van der Waals surface area (Å²) in [6.07, 6.45) is 0.0785. The van der Waals surface area contributed by atoms with Gasteiger partial charge in [0.05, 0.1) is 5.38 Å². The first-order chi connectivity index (χ1) is 6.18. The summed E-state index contributed by atoms with van der Waals surface area (Å²) in [4.78, 5) is 0. The minimum atomic E-state index is -0.612. The van der Waals surface area contributed by atoms with E-state index in [-0.39, 0.29) is 11.3 Å². The summed E-state index contributed by atoms with van der Waals surface area (Å²) < 4.78 is 12.7. The lowest BCUT2D eigenvalue weighted by Gasteiger charge is -2.04. The Morgan fingerprint density at radius 3 is 2.31 bits per heavy atom. The van der Waals surface area contributed by atoms with Crippen molar-refractivity contribution in [1.82, 2.24) is 0 Å². The van der Waals surface area contributed by atoms with Gasteiger partial charge in [0.15, 0.2) is 0 Å². The molecule has 0 radical (unpaired) electrons. The second-order valence-electron chi connectivity index (χ2n) is 3.64. The Bertz CT molecular complexity index is 291. The molecule has 0 N–H and O–H groups in total. The van der Waals surface area contributed by atoms with Gasteiger partial charge in [0, 0.05) is 5.92 Å². The predicted molar refractivity (Wildman–Crippen MR) is 53.0 cm³/mol. The van der Waals surface area contributed by atoms with Crippen molar-refractivity contribution in [3.8, 4) is 0 Å². The van der Waals surface area contributed by atoms with Crippen LogP contribution in [0.25, 0.3) is 0 Å². The molecule has 3 atom stereocenters. The van der Waals surface area contributed by atoms with Gasteiger partial charge in [-0.1, -0.05) is 24.3 Å². The van der Waals surface area contributed by atoms with Crippen molar-refractivity contribution >= 4 is 11.6 Å². The highest BCUT2D eigenvalue weighted by atomic mass is 35.5. The van der Waals surface area contributed by atoms with E-state index in [1.165, 1.54) is 0 Å². The smallest absolute Gasteiger partial charge is 0.108 e. The summed E-state index contributed by atoms with van der Waals surface area (Å²) in [7, 11) is 0. The van der Waals surface area contributed by atoms with Gasteiger partial charge in [-0.25, -0.2) is 4.39 Å². The number of halogens is 2. The highest BCUT2D eigenvalue weighted by Crippen LogP contribution is 2.43. The van der Waals surface area contributed by atoms with Gasteiger partial charge in [0.25, 0.3) is 0 Å². The average molecular weight is 199 g/mol. The standard InChI is InChI=1S/C11H12ClF/c1-7(12)8-2-4-9(5-3-8)10-6-11(10)13/h2-5,7,10-11H,6H2,1H3/t7?,10-,11+/m0/s1. The maximum atomic E-state index is 12.7. The van der Waals surface area contributed by atoms with Crippen LogP contribution in [0.3, 0.4) is 0 Å². The molecule has 0 bridgehead atoms. The van der Waals surface area contributed by atoms with E-state index in [0.717, 1.165) is 11.1 Å². The molecule has 1 unspecified atom stereocenters. The Hall–Kier alpha value is -0.560. The third kappa shape index (κ3) is 1.86. The summed E-state index contributed by atoms with van der Waals surface area (Å²) in [5.74, 6) is 0.152. The number of hydrogen-bond acceptors (Lipinski definition) is 0. The van der Waals surface area contributed by atoms with E-state index in [1.54, 1.807) is 0 Å². The second kappa shape index (κ2) is 3.30. The number of hydrogen-bond donors (Lipinski definition) is 0. The Kier molecular flexibility index (Phi) is 2.29. The molecular weight excluding hydrogens is 187 g/mol. The molecule has 0 amide bonds. The zero-order valence-corrected chi connectivity index (χ0v) is 8.26. The molecule has 2 rings (SSSR count). The predicted octanol–water partition coefficient (Wildman–Crippen LogP) is 3.81. The third-order valence-corrected chi connectivity index (χ3v) is 2.79. The van der Waals surface area contributed by atoms with Crippen molar-refractivity contribution in [3.05, 3.63) is 35.4 Å². The van der Waals surface area contributed by atoms with Crippen LogP contribution in [0.15, 0.2) is 24.3 Å². The molecule has 1 aromatic carbocycles. The van der Waals surface area contributed by atoms with Crippen LogP contribution >= 0.6 is 11.6 Å². The molecule has 1 aromatic rings. The van der Waals surface area contributed by atoms with Crippen LogP contribution in [0.2, 0.25) is 0 Å². The fourth-order valence-corrected chi connectivity index (χ4v) is 1.66. The molecule has 1 aliphatic rings. The van der Waals surface area contributed by atoms with Crippen molar-refractivity contribution in [2.24, 2.45) is 0 Å². The molecule has 0 aliphatic heterocycles. The largest absolute Gasteiger partial charge is 0.247 e. The molecule has 13 heavy (non-hydrogen) atoms. The van der Waals surface area contributed by atoms with Crippen LogP contribution < -0.4 is 0 Å². The van der Waals surface area contributed by atoms with Gasteiger partial charge in [0.2, 0.25) is 0 Å². The lowest BCUT2D eigenvalue weighted by molar-refractivity contribution is 0.468. The van der Waals surface area contributed by atoms with Crippen LogP contribution in [0.5, 0.6) is 0 Å². The average Bonchev–Trinajstić information content (AvgIpc) is 2.83. The Morgan fingerprint density at radius 2 is 1.92 bits per heavy atom. The number of rotatable bonds is 2. The van der Waals surface area contributed by atoms with E-state index in [1.807, 2.05) is 31.2 Å². The highest BCUT2D eigenvalue weighted by Gasteiger charge is 2.38. The van der Waals surface area contributed by atoms with Gasteiger partial charge < -0.3 is 0 Å². The Labute approximate surface area is 82.7 Å². The lowest BCUT2D eigenvalue weighted by atomic mass is 10.1. The molecule has 0 heterocycles. The maximum absolute atomic E-state index is 12.7. The number of alkyl halides is 2. The minimum absolute atomic E-state index is 0.0365. The second-order valence-corrected chi connectivity index (χ2v) is 4.30. The first-order valence-corrected chi connectivity index (χ1v) is 5.00. The molecule has 1 saturated carbocycles. The SMILES string of the molecule is CC(Cl)c1ccc([C@@H]2C[C@H]2F)cc1. The molecule has 0 aromatic heterocycles. The molecule has 0 saturated heterocycles. The normalized spacial score (nSPS) is 28.5. The van der Waals surface area contributed by atoms with E-state index < -0.39 is 6.17 Å². The van der Waals surface area contributed by atoms with Gasteiger partial charge in [-0.3, -0.25) is 0 Å². The fraction of sp³-hybridized carbons (Fsp3) is 0.455. The van der Waals surface area contributed by atoms with E-state index in [9.17, 15) is 4.39 Å². The number of benzene rings is 1. The van der Waals surface area contributed by atoms with Crippen molar-refractivity contribution in [2.75, 3.05) is 0 Å². The van der Waals surface area contributed by atoms with Crippen LogP contribution in [-0.4, -0.2) is 6.17 Å². The molecule has 0 spiro atoms. The summed E-state index contributed by atoms with van der Waals surface area (Å²) in [5, 5.41) is 0.0365. The van der Waals surface area contributed by atoms with Gasteiger partial charge >= 0.3 is 0 Å². The first-order valence-electron chi connectivity index (χ1n) is 4.56. The van der Waals surface area contributed by atoms with E-state index in [2.05, 4.69) is 0 Å². The fourth-order valence-electron chi connectivity index (χ4n) is 1.52. The van der Waals surface area contributed by atoms with Crippen LogP contribution in [0.4, 0.5) is 4.39 Å². The zero-order chi connectivity index (χ0) is 9.42. The van der Waals surface area contributed by atoms with Crippen molar-refractivity contribution < 1.29 is 4.39 Å². The highest BCUT2D eigenvalue weighted by molar-refractivity contribution is 6.20. The lowest BCUT2D eigenvalue weighted by Crippen LogP contribution is -1.86. The molecule has 1 aliphatic carbocycles. The van der Waals surface area contributed by atoms with E-state index >= 15 is 0 Å². The summed E-state index contributed by atoms with van der Waals surface area (Å²) in [5.41, 5.74) is 2.20. The van der Waals surface area contributed by atoms with Gasteiger partial charge in [-0.15, -0.1) is 11.6 Å². The van der Waals surface area contributed by atoms with E-state index in [0.29, 0.717) is 6.42 Å². The molecular formula is C11H12ClF. The Balaban J connectivity index is 2.14. The van der Waals surface area contributed by atoms with Crippen molar-refractivity contribution in [3.63, 3.8) is 0 Å². The summed E-state index contributed by atoms with van der Waals surface area (Å²) in [6, 6.07) is 7.94. The van der Waals surface area contributed by atoms with Crippen molar-refractivity contribution in [1.29, 1.82) is 0 Å². The van der Waals surface area contributed by atoms with Crippen LogP contribution in [-0.2, 0) is 0 Å². The first kappa shape index (κ1) is 9.01. The maximum Gasteiger partial charge on any atom is 0.108 e. The topological polar surface area (TPSA) is 0 Å². The quantitative estimate of drug-likeness (QED) is 0.634. The van der Waals surface area contributed by atoms with E-state index in [4.69, 9.17) is 11.6 Å². The molecule has 2 heteroatoms. The van der Waals surface area contributed by atoms with Crippen LogP contribution in [0, 0.1) is 0 Å². The summed E-state index contributed by atoms with van der Waals surface area (Å²) in [6.45, 7) is 1.94. The monoisotopic (exact) mass is 198 g/mol.